The Morgan fingerprint density at radius 3 is 2.62 bits per heavy atom. The number of aryl methyl sites for hydroxylation is 2. The lowest BCUT2D eigenvalue weighted by Gasteiger charge is -2.14. The molecule has 1 aromatic heterocycles. The summed E-state index contributed by atoms with van der Waals surface area (Å²) in [7, 11) is 0. The molecule has 0 aliphatic rings. The third kappa shape index (κ3) is 2.21. The largest absolute Gasteiger partial charge is 0.389 e. The van der Waals surface area contributed by atoms with Gasteiger partial charge in [-0.2, -0.15) is 0 Å². The minimum Gasteiger partial charge on any atom is -0.389 e. The Bertz CT molecular complexity index is 821. The van der Waals surface area contributed by atoms with E-state index in [4.69, 9.17) is 0 Å². The second kappa shape index (κ2) is 4.97. The third-order valence-electron chi connectivity index (χ3n) is 3.87. The molecular formula is C17H17FN2O. The maximum Gasteiger partial charge on any atom is 0.131 e. The van der Waals surface area contributed by atoms with Crippen LogP contribution in [0.15, 0.2) is 36.7 Å². The molecule has 108 valence electrons. The van der Waals surface area contributed by atoms with Crippen LogP contribution in [0.25, 0.3) is 16.7 Å². The summed E-state index contributed by atoms with van der Waals surface area (Å²) in [5.41, 5.74) is 5.00. The third-order valence-corrected chi connectivity index (χ3v) is 3.87. The molecular weight excluding hydrogens is 267 g/mol. The topological polar surface area (TPSA) is 38.0 Å². The van der Waals surface area contributed by atoms with Crippen LogP contribution in [0.3, 0.4) is 0 Å². The predicted octanol–water partition coefficient (Wildman–Crippen LogP) is 3.83. The molecule has 0 amide bonds. The van der Waals surface area contributed by atoms with Gasteiger partial charge in [-0.15, -0.1) is 0 Å². The monoisotopic (exact) mass is 284 g/mol. The molecule has 3 rings (SSSR count). The minimum absolute atomic E-state index is 0.287. The van der Waals surface area contributed by atoms with E-state index in [0.717, 1.165) is 16.6 Å². The molecule has 21 heavy (non-hydrogen) atoms. The number of hydrogen-bond acceptors (Lipinski definition) is 2. The maximum absolute atomic E-state index is 14.0. The molecule has 3 aromatic rings. The van der Waals surface area contributed by atoms with Crippen molar-refractivity contribution in [1.82, 2.24) is 9.55 Å². The summed E-state index contributed by atoms with van der Waals surface area (Å²) in [5, 5.41) is 9.88. The molecule has 4 heteroatoms. The van der Waals surface area contributed by atoms with Crippen molar-refractivity contribution in [3.63, 3.8) is 0 Å². The van der Waals surface area contributed by atoms with Crippen LogP contribution < -0.4 is 0 Å². The van der Waals surface area contributed by atoms with Crippen LogP contribution in [0.5, 0.6) is 0 Å². The van der Waals surface area contributed by atoms with Gasteiger partial charge in [-0.25, -0.2) is 9.37 Å². The van der Waals surface area contributed by atoms with Crippen molar-refractivity contribution < 1.29 is 9.50 Å². The van der Waals surface area contributed by atoms with Crippen LogP contribution >= 0.6 is 0 Å². The Balaban J connectivity index is 2.31. The van der Waals surface area contributed by atoms with E-state index in [1.807, 2.05) is 30.5 Å². The van der Waals surface area contributed by atoms with Gasteiger partial charge in [0.15, 0.2) is 0 Å². The van der Waals surface area contributed by atoms with E-state index in [1.54, 1.807) is 25.4 Å². The van der Waals surface area contributed by atoms with Crippen LogP contribution in [-0.2, 0) is 0 Å². The van der Waals surface area contributed by atoms with E-state index in [2.05, 4.69) is 4.98 Å². The van der Waals surface area contributed by atoms with Gasteiger partial charge >= 0.3 is 0 Å². The van der Waals surface area contributed by atoms with Crippen LogP contribution in [0.4, 0.5) is 4.39 Å². The van der Waals surface area contributed by atoms with Crippen molar-refractivity contribution in [3.05, 3.63) is 59.2 Å². The van der Waals surface area contributed by atoms with Gasteiger partial charge in [0.2, 0.25) is 0 Å². The van der Waals surface area contributed by atoms with Gasteiger partial charge in [0.25, 0.3) is 0 Å². The highest BCUT2D eigenvalue weighted by molar-refractivity contribution is 5.79. The Hall–Kier alpha value is -2.20. The fourth-order valence-corrected chi connectivity index (χ4v) is 2.61. The van der Waals surface area contributed by atoms with E-state index in [-0.39, 0.29) is 5.56 Å². The zero-order valence-corrected chi connectivity index (χ0v) is 12.3. The number of hydrogen-bond donors (Lipinski definition) is 1. The molecule has 2 aromatic carbocycles. The highest BCUT2D eigenvalue weighted by Gasteiger charge is 2.16. The summed E-state index contributed by atoms with van der Waals surface area (Å²) >= 11 is 0. The first kappa shape index (κ1) is 13.8. The van der Waals surface area contributed by atoms with E-state index >= 15 is 0 Å². The van der Waals surface area contributed by atoms with Gasteiger partial charge in [0.05, 0.1) is 22.8 Å². The number of aromatic nitrogens is 2. The van der Waals surface area contributed by atoms with E-state index < -0.39 is 11.9 Å². The number of aliphatic hydroxyl groups is 1. The van der Waals surface area contributed by atoms with Crippen molar-refractivity contribution in [2.75, 3.05) is 0 Å². The predicted molar refractivity (Wildman–Crippen MR) is 81.1 cm³/mol. The summed E-state index contributed by atoms with van der Waals surface area (Å²) in [6.45, 7) is 5.64. The number of benzene rings is 2. The van der Waals surface area contributed by atoms with Crippen LogP contribution in [0, 0.1) is 19.7 Å². The number of aliphatic hydroxyl groups excluding tert-OH is 1. The molecule has 0 spiro atoms. The Kier molecular flexibility index (Phi) is 3.26. The molecule has 0 aliphatic heterocycles. The second-order valence-corrected chi connectivity index (χ2v) is 5.39. The SMILES string of the molecule is Cc1cc2ncn(-c3cccc(F)c3[C@H](C)O)c2cc1C. The zero-order chi connectivity index (χ0) is 15.1. The lowest BCUT2D eigenvalue weighted by atomic mass is 10.1. The summed E-state index contributed by atoms with van der Waals surface area (Å²) in [5.74, 6) is -0.409. The first-order valence-electron chi connectivity index (χ1n) is 6.90. The van der Waals surface area contributed by atoms with Gasteiger partial charge in [-0.1, -0.05) is 6.07 Å². The molecule has 0 saturated heterocycles. The first-order chi connectivity index (χ1) is 9.99. The fraction of sp³-hybridized carbons (Fsp3) is 0.235. The molecule has 1 heterocycles. The molecule has 0 saturated carbocycles. The van der Waals surface area contributed by atoms with Crippen molar-refractivity contribution in [1.29, 1.82) is 0 Å². The highest BCUT2D eigenvalue weighted by atomic mass is 19.1. The Morgan fingerprint density at radius 2 is 1.90 bits per heavy atom. The quantitative estimate of drug-likeness (QED) is 0.776. The summed E-state index contributed by atoms with van der Waals surface area (Å²) in [6, 6.07) is 8.85. The van der Waals surface area contributed by atoms with Crippen LogP contribution in [0.1, 0.15) is 29.7 Å². The number of imidazole rings is 1. The molecule has 1 atom stereocenters. The molecule has 0 aliphatic carbocycles. The summed E-state index contributed by atoms with van der Waals surface area (Å²) < 4.78 is 15.9. The fourth-order valence-electron chi connectivity index (χ4n) is 2.61. The standard InChI is InChI=1S/C17H17FN2O/c1-10-7-14-16(8-11(10)2)20(9-19-14)15-6-4-5-13(18)17(15)12(3)21/h4-9,12,21H,1-3H3/t12-/m0/s1. The van der Waals surface area contributed by atoms with E-state index in [0.29, 0.717) is 5.69 Å². The summed E-state index contributed by atoms with van der Waals surface area (Å²) in [6.07, 6.45) is 0.787. The lowest BCUT2D eigenvalue weighted by Crippen LogP contribution is -2.04. The van der Waals surface area contributed by atoms with Crippen molar-refractivity contribution in [2.24, 2.45) is 0 Å². The molecule has 3 nitrogen and oxygen atoms in total. The van der Waals surface area contributed by atoms with Gasteiger partial charge in [0.1, 0.15) is 12.1 Å². The molecule has 1 N–H and O–H groups in total. The normalized spacial score (nSPS) is 12.8. The Labute approximate surface area is 122 Å². The molecule has 0 fully saturated rings. The second-order valence-electron chi connectivity index (χ2n) is 5.39. The lowest BCUT2D eigenvalue weighted by molar-refractivity contribution is 0.194. The highest BCUT2D eigenvalue weighted by Crippen LogP contribution is 2.28. The smallest absolute Gasteiger partial charge is 0.131 e. The first-order valence-corrected chi connectivity index (χ1v) is 6.90. The number of nitrogens with zero attached hydrogens (tertiary/aromatic N) is 2. The van der Waals surface area contributed by atoms with Gasteiger partial charge in [-0.3, -0.25) is 4.57 Å². The Morgan fingerprint density at radius 1 is 1.19 bits per heavy atom. The molecule has 0 radical (unpaired) electrons. The summed E-state index contributed by atoms with van der Waals surface area (Å²) in [4.78, 5) is 4.39. The average molecular weight is 284 g/mol. The minimum atomic E-state index is -0.884. The number of rotatable bonds is 2. The van der Waals surface area contributed by atoms with Crippen molar-refractivity contribution in [2.45, 2.75) is 26.9 Å². The van der Waals surface area contributed by atoms with Gasteiger partial charge in [-0.05, 0) is 56.2 Å². The van der Waals surface area contributed by atoms with Gasteiger partial charge in [0, 0.05) is 5.56 Å². The number of halogens is 1. The van der Waals surface area contributed by atoms with E-state index in [1.165, 1.54) is 11.6 Å². The van der Waals surface area contributed by atoms with Gasteiger partial charge < -0.3 is 5.11 Å². The van der Waals surface area contributed by atoms with Crippen LogP contribution in [0.2, 0.25) is 0 Å². The van der Waals surface area contributed by atoms with Crippen molar-refractivity contribution >= 4 is 11.0 Å². The maximum atomic E-state index is 14.0. The molecule has 0 unspecified atom stereocenters. The number of fused-ring (bicyclic) bond motifs is 1. The van der Waals surface area contributed by atoms with E-state index in [9.17, 15) is 9.50 Å². The zero-order valence-electron chi connectivity index (χ0n) is 12.3. The van der Waals surface area contributed by atoms with Crippen LogP contribution in [-0.4, -0.2) is 14.7 Å². The average Bonchev–Trinajstić information content (AvgIpc) is 2.81. The molecule has 0 bridgehead atoms. The van der Waals surface area contributed by atoms with Crippen molar-refractivity contribution in [3.8, 4) is 5.69 Å².